The average molecular weight is 406 g/mol. The number of rotatable bonds is 9. The summed E-state index contributed by atoms with van der Waals surface area (Å²) in [5.41, 5.74) is 0.843. The topological polar surface area (TPSA) is 61.4 Å². The van der Waals surface area contributed by atoms with E-state index in [1.807, 2.05) is 38.1 Å². The van der Waals surface area contributed by atoms with Crippen molar-refractivity contribution in [3.63, 3.8) is 0 Å². The third-order valence-corrected chi connectivity index (χ3v) is 4.88. The van der Waals surface area contributed by atoms with Crippen LogP contribution in [-0.4, -0.2) is 42.9 Å². The largest absolute Gasteiger partial charge is 0.353 e. The number of benzene rings is 2. The Morgan fingerprint density at radius 3 is 2.32 bits per heavy atom. The Labute approximate surface area is 169 Å². The van der Waals surface area contributed by atoms with Crippen LogP contribution in [0.1, 0.15) is 35.8 Å². The van der Waals surface area contributed by atoms with Gasteiger partial charge in [0.25, 0.3) is 5.91 Å². The van der Waals surface area contributed by atoms with E-state index in [1.54, 1.807) is 6.07 Å². The second-order valence-corrected chi connectivity index (χ2v) is 6.63. The van der Waals surface area contributed by atoms with Gasteiger partial charge in [-0.2, -0.15) is 0 Å². The van der Waals surface area contributed by atoms with Gasteiger partial charge in [0, 0.05) is 11.6 Å². The van der Waals surface area contributed by atoms with Crippen molar-refractivity contribution in [2.45, 2.75) is 19.9 Å². The third-order valence-electron chi connectivity index (χ3n) is 4.54. The summed E-state index contributed by atoms with van der Waals surface area (Å²) in [5, 5.41) is 5.91. The van der Waals surface area contributed by atoms with E-state index in [-0.39, 0.29) is 24.1 Å². The van der Waals surface area contributed by atoms with Gasteiger partial charge in [0.2, 0.25) is 5.91 Å². The SMILES string of the molecule is CCN(CC)C(CNC(=O)CNC(=O)c1ccccc1F)c1ccccc1Cl. The minimum atomic E-state index is -0.625. The Hall–Kier alpha value is -2.44. The van der Waals surface area contributed by atoms with Crippen LogP contribution in [-0.2, 0) is 4.79 Å². The monoisotopic (exact) mass is 405 g/mol. The molecule has 2 rings (SSSR count). The van der Waals surface area contributed by atoms with Gasteiger partial charge in [0.15, 0.2) is 0 Å². The quantitative estimate of drug-likeness (QED) is 0.672. The van der Waals surface area contributed by atoms with Gasteiger partial charge in [0.05, 0.1) is 18.2 Å². The summed E-state index contributed by atoms with van der Waals surface area (Å²) in [7, 11) is 0. The molecule has 0 aromatic heterocycles. The van der Waals surface area contributed by atoms with Gasteiger partial charge in [-0.15, -0.1) is 0 Å². The maximum atomic E-state index is 13.6. The molecule has 0 bridgehead atoms. The fourth-order valence-corrected chi connectivity index (χ4v) is 3.28. The third kappa shape index (κ3) is 5.78. The second-order valence-electron chi connectivity index (χ2n) is 6.23. The second kappa shape index (κ2) is 10.8. The lowest BCUT2D eigenvalue weighted by atomic mass is 10.0. The van der Waals surface area contributed by atoms with Gasteiger partial charge in [-0.3, -0.25) is 14.5 Å². The molecule has 0 aliphatic heterocycles. The fourth-order valence-electron chi connectivity index (χ4n) is 3.02. The number of hydrogen-bond acceptors (Lipinski definition) is 3. The highest BCUT2D eigenvalue weighted by atomic mass is 35.5. The van der Waals surface area contributed by atoms with Crippen LogP contribution in [0, 0.1) is 5.82 Å². The zero-order valence-electron chi connectivity index (χ0n) is 16.0. The molecule has 7 heteroatoms. The molecule has 0 saturated heterocycles. The van der Waals surface area contributed by atoms with Crippen LogP contribution in [0.5, 0.6) is 0 Å². The van der Waals surface area contributed by atoms with Crippen molar-refractivity contribution in [1.82, 2.24) is 15.5 Å². The first kappa shape index (κ1) is 21.9. The number of hydrogen-bond donors (Lipinski definition) is 2. The summed E-state index contributed by atoms with van der Waals surface area (Å²) in [6, 6.07) is 13.1. The standard InChI is InChI=1S/C21H25ClFN3O2/c1-3-26(4-2)19(15-9-5-7-11-17(15)22)13-24-20(27)14-25-21(28)16-10-6-8-12-18(16)23/h5-12,19H,3-4,13-14H2,1-2H3,(H,24,27)(H,25,28). The summed E-state index contributed by atoms with van der Waals surface area (Å²) in [5.74, 6) is -1.60. The normalized spacial score (nSPS) is 11.9. The summed E-state index contributed by atoms with van der Waals surface area (Å²) >= 11 is 6.35. The summed E-state index contributed by atoms with van der Waals surface area (Å²) in [4.78, 5) is 26.4. The number of nitrogens with one attached hydrogen (secondary N) is 2. The van der Waals surface area contributed by atoms with Gasteiger partial charge in [-0.05, 0) is 36.9 Å². The molecule has 2 amide bonds. The van der Waals surface area contributed by atoms with E-state index in [9.17, 15) is 14.0 Å². The molecule has 2 aromatic carbocycles. The van der Waals surface area contributed by atoms with E-state index in [0.717, 1.165) is 18.7 Å². The molecule has 0 saturated carbocycles. The first-order valence-electron chi connectivity index (χ1n) is 9.25. The molecular weight excluding hydrogens is 381 g/mol. The molecule has 0 radical (unpaired) electrons. The number of nitrogens with zero attached hydrogens (tertiary/aromatic N) is 1. The predicted molar refractivity (Wildman–Crippen MR) is 109 cm³/mol. The predicted octanol–water partition coefficient (Wildman–Crippen LogP) is 3.41. The molecule has 0 aliphatic rings. The number of carbonyl (C=O) groups is 2. The highest BCUT2D eigenvalue weighted by Crippen LogP contribution is 2.26. The Kier molecular flexibility index (Phi) is 8.42. The van der Waals surface area contributed by atoms with Gasteiger partial charge in [-0.1, -0.05) is 55.8 Å². The van der Waals surface area contributed by atoms with E-state index >= 15 is 0 Å². The van der Waals surface area contributed by atoms with Gasteiger partial charge in [0.1, 0.15) is 5.82 Å². The van der Waals surface area contributed by atoms with Crippen LogP contribution < -0.4 is 10.6 Å². The highest BCUT2D eigenvalue weighted by Gasteiger charge is 2.21. The maximum Gasteiger partial charge on any atom is 0.254 e. The molecule has 2 aromatic rings. The highest BCUT2D eigenvalue weighted by molar-refractivity contribution is 6.31. The van der Waals surface area contributed by atoms with Gasteiger partial charge >= 0.3 is 0 Å². The zero-order chi connectivity index (χ0) is 20.5. The number of likely N-dealkylation sites (N-methyl/N-ethyl adjacent to an activating group) is 1. The van der Waals surface area contributed by atoms with Crippen LogP contribution in [0.15, 0.2) is 48.5 Å². The van der Waals surface area contributed by atoms with E-state index in [0.29, 0.717) is 11.6 Å². The Bertz CT molecular complexity index is 812. The Morgan fingerprint density at radius 2 is 1.68 bits per heavy atom. The fraction of sp³-hybridized carbons (Fsp3) is 0.333. The van der Waals surface area contributed by atoms with Crippen molar-refractivity contribution in [1.29, 1.82) is 0 Å². The van der Waals surface area contributed by atoms with Crippen LogP contribution in [0.2, 0.25) is 5.02 Å². The van der Waals surface area contributed by atoms with Crippen molar-refractivity contribution in [3.8, 4) is 0 Å². The molecule has 0 spiro atoms. The number of halogens is 2. The van der Waals surface area contributed by atoms with Crippen molar-refractivity contribution >= 4 is 23.4 Å². The van der Waals surface area contributed by atoms with Crippen LogP contribution >= 0.6 is 11.6 Å². The minimum Gasteiger partial charge on any atom is -0.353 e. The molecule has 5 nitrogen and oxygen atoms in total. The lowest BCUT2D eigenvalue weighted by Crippen LogP contribution is -2.42. The van der Waals surface area contributed by atoms with Crippen molar-refractivity contribution in [2.75, 3.05) is 26.2 Å². The number of amides is 2. The lowest BCUT2D eigenvalue weighted by Gasteiger charge is -2.31. The molecule has 150 valence electrons. The van der Waals surface area contributed by atoms with E-state index in [4.69, 9.17) is 11.6 Å². The molecule has 0 heterocycles. The van der Waals surface area contributed by atoms with Gasteiger partial charge in [-0.25, -0.2) is 4.39 Å². The first-order chi connectivity index (χ1) is 13.5. The molecular formula is C21H25ClFN3O2. The minimum absolute atomic E-state index is 0.0880. The molecule has 0 fully saturated rings. The number of carbonyl (C=O) groups excluding carboxylic acids is 2. The van der Waals surface area contributed by atoms with Gasteiger partial charge < -0.3 is 10.6 Å². The Balaban J connectivity index is 1.97. The van der Waals surface area contributed by atoms with Crippen LogP contribution in [0.4, 0.5) is 4.39 Å². The first-order valence-corrected chi connectivity index (χ1v) is 9.63. The molecule has 2 N–H and O–H groups in total. The molecule has 1 unspecified atom stereocenters. The maximum absolute atomic E-state index is 13.6. The van der Waals surface area contributed by atoms with E-state index < -0.39 is 11.7 Å². The van der Waals surface area contributed by atoms with Crippen molar-refractivity contribution in [2.24, 2.45) is 0 Å². The molecule has 28 heavy (non-hydrogen) atoms. The lowest BCUT2D eigenvalue weighted by molar-refractivity contribution is -0.120. The summed E-state index contributed by atoms with van der Waals surface area (Å²) < 4.78 is 13.6. The smallest absolute Gasteiger partial charge is 0.254 e. The van der Waals surface area contributed by atoms with Crippen LogP contribution in [0.25, 0.3) is 0 Å². The summed E-state index contributed by atoms with van der Waals surface area (Å²) in [6.07, 6.45) is 0. The van der Waals surface area contributed by atoms with Crippen molar-refractivity contribution < 1.29 is 14.0 Å². The van der Waals surface area contributed by atoms with Crippen LogP contribution in [0.3, 0.4) is 0 Å². The Morgan fingerprint density at radius 1 is 1.04 bits per heavy atom. The molecule has 0 aliphatic carbocycles. The average Bonchev–Trinajstić information content (AvgIpc) is 2.70. The van der Waals surface area contributed by atoms with Crippen molar-refractivity contribution in [3.05, 3.63) is 70.5 Å². The summed E-state index contributed by atoms with van der Waals surface area (Å²) in [6.45, 7) is 5.80. The van der Waals surface area contributed by atoms with E-state index in [2.05, 4.69) is 15.5 Å². The zero-order valence-corrected chi connectivity index (χ0v) is 16.8. The molecule has 1 atom stereocenters. The van der Waals surface area contributed by atoms with E-state index in [1.165, 1.54) is 18.2 Å².